The maximum atomic E-state index is 12.8. The maximum Gasteiger partial charge on any atom is 0.405 e. The van der Waals surface area contributed by atoms with Gasteiger partial charge >= 0.3 is 6.09 Å². The first-order valence-corrected chi connectivity index (χ1v) is 9.54. The van der Waals surface area contributed by atoms with E-state index in [-0.39, 0.29) is 5.41 Å². The van der Waals surface area contributed by atoms with Crippen molar-refractivity contribution in [2.45, 2.75) is 53.6 Å². The van der Waals surface area contributed by atoms with Crippen LogP contribution in [0.15, 0.2) is 42.5 Å². The lowest BCUT2D eigenvalue weighted by atomic mass is 9.82. The number of hydrogen-bond donors (Lipinski definition) is 2. The molecule has 6 heteroatoms. The Morgan fingerprint density at radius 1 is 1.00 bits per heavy atom. The molecule has 1 atom stereocenters. The summed E-state index contributed by atoms with van der Waals surface area (Å²) in [5.41, 5.74) is 6.36. The van der Waals surface area contributed by atoms with Gasteiger partial charge in [0.05, 0.1) is 0 Å². The second kappa shape index (κ2) is 8.55. The topological polar surface area (TPSA) is 90.7 Å². The van der Waals surface area contributed by atoms with E-state index in [1.165, 1.54) is 0 Å². The molecule has 0 aliphatic heterocycles. The Kier molecular flexibility index (Phi) is 6.57. The van der Waals surface area contributed by atoms with Gasteiger partial charge in [-0.15, -0.1) is 0 Å². The van der Waals surface area contributed by atoms with Gasteiger partial charge in [0.15, 0.2) is 5.60 Å². The number of ether oxygens (including phenoxy) is 2. The molecule has 2 aromatic rings. The smallest absolute Gasteiger partial charge is 0.405 e. The number of aryl methyl sites for hydroxylation is 1. The lowest BCUT2D eigenvalue weighted by Crippen LogP contribution is -2.47. The number of nitrogens with two attached hydrogens (primary N) is 1. The fraction of sp³-hybridized carbons (Fsp3) is 0.391. The zero-order chi connectivity index (χ0) is 21.8. The second-order valence-corrected chi connectivity index (χ2v) is 8.67. The van der Waals surface area contributed by atoms with E-state index in [9.17, 15) is 9.59 Å². The van der Waals surface area contributed by atoms with Crippen LogP contribution in [-0.2, 0) is 9.53 Å². The SMILES string of the molecule is Cc1cccc(Oc2ccc(NC(=O)C(C)(CC(C)(C)C)OC(N)=O)cc2)c1C. The molecule has 0 saturated heterocycles. The van der Waals surface area contributed by atoms with Crippen molar-refractivity contribution in [3.05, 3.63) is 53.6 Å². The highest BCUT2D eigenvalue weighted by molar-refractivity contribution is 5.98. The van der Waals surface area contributed by atoms with Gasteiger partial charge in [0.2, 0.25) is 0 Å². The molecular weight excluding hydrogens is 368 g/mol. The highest BCUT2D eigenvalue weighted by Crippen LogP contribution is 2.32. The molecule has 0 heterocycles. The fourth-order valence-corrected chi connectivity index (χ4v) is 3.23. The van der Waals surface area contributed by atoms with Crippen molar-refractivity contribution >= 4 is 17.7 Å². The van der Waals surface area contributed by atoms with E-state index in [1.807, 2.05) is 52.8 Å². The van der Waals surface area contributed by atoms with Crippen LogP contribution in [0, 0.1) is 19.3 Å². The second-order valence-electron chi connectivity index (χ2n) is 8.67. The summed E-state index contributed by atoms with van der Waals surface area (Å²) in [5, 5.41) is 2.79. The van der Waals surface area contributed by atoms with E-state index in [2.05, 4.69) is 5.32 Å². The minimum Gasteiger partial charge on any atom is -0.457 e. The molecule has 0 spiro atoms. The minimum atomic E-state index is -1.38. The van der Waals surface area contributed by atoms with Crippen LogP contribution in [-0.4, -0.2) is 17.6 Å². The molecule has 0 aromatic heterocycles. The minimum absolute atomic E-state index is 0.245. The molecule has 2 amide bonds. The van der Waals surface area contributed by atoms with Gasteiger partial charge in [-0.2, -0.15) is 0 Å². The van der Waals surface area contributed by atoms with Crippen LogP contribution in [0.5, 0.6) is 11.5 Å². The summed E-state index contributed by atoms with van der Waals surface area (Å²) in [6.45, 7) is 11.5. The molecule has 0 radical (unpaired) electrons. The Hall–Kier alpha value is -3.02. The molecule has 6 nitrogen and oxygen atoms in total. The summed E-state index contributed by atoms with van der Waals surface area (Å²) in [4.78, 5) is 24.2. The monoisotopic (exact) mass is 398 g/mol. The Balaban J connectivity index is 2.13. The third kappa shape index (κ3) is 6.24. The van der Waals surface area contributed by atoms with Gasteiger partial charge in [-0.1, -0.05) is 32.9 Å². The molecule has 156 valence electrons. The summed E-state index contributed by atoms with van der Waals surface area (Å²) >= 11 is 0. The van der Waals surface area contributed by atoms with Crippen molar-refractivity contribution in [3.8, 4) is 11.5 Å². The van der Waals surface area contributed by atoms with Crippen LogP contribution in [0.1, 0.15) is 45.2 Å². The first-order chi connectivity index (χ1) is 13.4. The molecule has 1 unspecified atom stereocenters. The van der Waals surface area contributed by atoms with Crippen molar-refractivity contribution < 1.29 is 19.1 Å². The summed E-state index contributed by atoms with van der Waals surface area (Å²) in [6, 6.07) is 12.9. The van der Waals surface area contributed by atoms with Gasteiger partial charge in [-0.25, -0.2) is 4.79 Å². The fourth-order valence-electron chi connectivity index (χ4n) is 3.23. The zero-order valence-corrected chi connectivity index (χ0v) is 18.0. The van der Waals surface area contributed by atoms with Crippen molar-refractivity contribution in [2.24, 2.45) is 11.1 Å². The molecule has 0 aliphatic carbocycles. The van der Waals surface area contributed by atoms with Crippen LogP contribution in [0.2, 0.25) is 0 Å². The number of hydrogen-bond acceptors (Lipinski definition) is 4. The molecule has 0 fully saturated rings. The lowest BCUT2D eigenvalue weighted by Gasteiger charge is -2.33. The lowest BCUT2D eigenvalue weighted by molar-refractivity contribution is -0.135. The first-order valence-electron chi connectivity index (χ1n) is 9.54. The number of amides is 2. The average molecular weight is 399 g/mol. The number of benzene rings is 2. The van der Waals surface area contributed by atoms with Gasteiger partial charge in [-0.3, -0.25) is 4.79 Å². The van der Waals surface area contributed by atoms with Gasteiger partial charge < -0.3 is 20.5 Å². The Morgan fingerprint density at radius 2 is 1.62 bits per heavy atom. The third-order valence-electron chi connectivity index (χ3n) is 4.57. The van der Waals surface area contributed by atoms with Crippen LogP contribution >= 0.6 is 0 Å². The van der Waals surface area contributed by atoms with Gasteiger partial charge in [0.25, 0.3) is 5.91 Å². The molecule has 29 heavy (non-hydrogen) atoms. The largest absolute Gasteiger partial charge is 0.457 e. The summed E-state index contributed by atoms with van der Waals surface area (Å²) in [6.07, 6.45) is -0.660. The molecular formula is C23H30N2O4. The van der Waals surface area contributed by atoms with E-state index < -0.39 is 17.6 Å². The molecule has 0 saturated carbocycles. The van der Waals surface area contributed by atoms with E-state index in [0.29, 0.717) is 17.9 Å². The number of carbonyl (C=O) groups is 2. The Morgan fingerprint density at radius 3 is 2.17 bits per heavy atom. The molecule has 0 bridgehead atoms. The molecule has 2 aromatic carbocycles. The van der Waals surface area contributed by atoms with Gasteiger partial charge in [-0.05, 0) is 67.6 Å². The summed E-state index contributed by atoms with van der Waals surface area (Å²) < 4.78 is 11.1. The van der Waals surface area contributed by atoms with Crippen molar-refractivity contribution in [1.29, 1.82) is 0 Å². The standard InChI is InChI=1S/C23H30N2O4/c1-15-8-7-9-19(16(15)2)28-18-12-10-17(11-13-18)25-20(26)23(6,29-21(24)27)14-22(3,4)5/h7-13H,14H2,1-6H3,(H2,24,27)(H,25,26). The Labute approximate surface area is 172 Å². The van der Waals surface area contributed by atoms with Gasteiger partial charge in [0.1, 0.15) is 11.5 Å². The molecule has 2 rings (SSSR count). The number of primary amides is 1. The average Bonchev–Trinajstić information content (AvgIpc) is 2.58. The van der Waals surface area contributed by atoms with Crippen LogP contribution in [0.4, 0.5) is 10.5 Å². The normalized spacial score (nSPS) is 13.3. The van der Waals surface area contributed by atoms with Crippen molar-refractivity contribution in [1.82, 2.24) is 0 Å². The number of rotatable bonds is 6. The van der Waals surface area contributed by atoms with Crippen LogP contribution < -0.4 is 15.8 Å². The highest BCUT2D eigenvalue weighted by atomic mass is 16.6. The highest BCUT2D eigenvalue weighted by Gasteiger charge is 2.40. The van der Waals surface area contributed by atoms with E-state index in [4.69, 9.17) is 15.2 Å². The predicted molar refractivity (Wildman–Crippen MR) is 114 cm³/mol. The van der Waals surface area contributed by atoms with Crippen LogP contribution in [0.25, 0.3) is 0 Å². The number of anilines is 1. The van der Waals surface area contributed by atoms with E-state index >= 15 is 0 Å². The Bertz CT molecular complexity index is 885. The van der Waals surface area contributed by atoms with E-state index in [0.717, 1.165) is 16.9 Å². The van der Waals surface area contributed by atoms with Crippen LogP contribution in [0.3, 0.4) is 0 Å². The predicted octanol–water partition coefficient (Wildman–Crippen LogP) is 5.32. The third-order valence-corrected chi connectivity index (χ3v) is 4.57. The van der Waals surface area contributed by atoms with Gasteiger partial charge in [0, 0.05) is 12.1 Å². The summed E-state index contributed by atoms with van der Waals surface area (Å²) in [7, 11) is 0. The molecule has 3 N–H and O–H groups in total. The van der Waals surface area contributed by atoms with Crippen molar-refractivity contribution in [2.75, 3.05) is 5.32 Å². The molecule has 0 aliphatic rings. The van der Waals surface area contributed by atoms with E-state index in [1.54, 1.807) is 31.2 Å². The summed E-state index contributed by atoms with van der Waals surface area (Å²) in [5.74, 6) is 1.01. The first kappa shape index (κ1) is 22.3. The van der Waals surface area contributed by atoms with Crippen molar-refractivity contribution in [3.63, 3.8) is 0 Å². The number of carbonyl (C=O) groups excluding carboxylic acids is 2. The quantitative estimate of drug-likeness (QED) is 0.688. The number of nitrogens with one attached hydrogen (secondary N) is 1. The zero-order valence-electron chi connectivity index (χ0n) is 18.0. The maximum absolute atomic E-state index is 12.8.